The number of nitrogens with zero attached hydrogens (tertiary/aromatic N) is 4. The number of aryl methyl sites for hydroxylation is 2. The summed E-state index contributed by atoms with van der Waals surface area (Å²) < 4.78 is 49.5. The van der Waals surface area contributed by atoms with Gasteiger partial charge in [0.1, 0.15) is 16.6 Å². The van der Waals surface area contributed by atoms with Crippen molar-refractivity contribution in [1.82, 2.24) is 24.9 Å². The second-order valence-corrected chi connectivity index (χ2v) is 8.55. The highest BCUT2D eigenvalue weighted by atomic mass is 35.5. The second-order valence-electron chi connectivity index (χ2n) is 8.17. The number of methoxy groups -OCH3 is 1. The van der Waals surface area contributed by atoms with Crippen LogP contribution in [0.1, 0.15) is 51.5 Å². The predicted molar refractivity (Wildman–Crippen MR) is 120 cm³/mol. The summed E-state index contributed by atoms with van der Waals surface area (Å²) in [5.41, 5.74) is 2.80. The molecule has 0 saturated heterocycles. The molecule has 2 unspecified atom stereocenters. The zero-order valence-electron chi connectivity index (χ0n) is 19.0. The van der Waals surface area contributed by atoms with Crippen molar-refractivity contribution in [3.05, 3.63) is 57.5 Å². The van der Waals surface area contributed by atoms with Crippen LogP contribution in [-0.2, 0) is 13.6 Å². The Bertz CT molecular complexity index is 1220. The number of nitrogens with one attached hydrogen (secondary N) is 2. The van der Waals surface area contributed by atoms with Crippen LogP contribution in [-0.4, -0.2) is 38.8 Å². The van der Waals surface area contributed by atoms with E-state index in [1.807, 2.05) is 13.8 Å². The number of carbonyl (C=O) groups is 1. The van der Waals surface area contributed by atoms with E-state index in [4.69, 9.17) is 16.3 Å². The molecule has 0 radical (unpaired) electrons. The molecule has 34 heavy (non-hydrogen) atoms. The number of halogens is 4. The summed E-state index contributed by atoms with van der Waals surface area (Å²) in [5, 5.41) is 13.8. The second kappa shape index (κ2) is 8.86. The lowest BCUT2D eigenvalue weighted by atomic mass is 9.97. The number of anilines is 1. The lowest BCUT2D eigenvalue weighted by Gasteiger charge is -2.33. The molecule has 0 saturated carbocycles. The molecule has 0 aliphatic carbocycles. The SMILES string of the molecule is COc1ccc(C2CC(C(F)(F)F)n3nc(C(=O)NCc4c(C)nn(C)c4C)c(Cl)c3N2)cc1. The van der Waals surface area contributed by atoms with Crippen LogP contribution in [0.5, 0.6) is 5.75 Å². The van der Waals surface area contributed by atoms with E-state index in [2.05, 4.69) is 20.8 Å². The van der Waals surface area contributed by atoms with Crippen molar-refractivity contribution in [2.24, 2.45) is 7.05 Å². The monoisotopic (exact) mass is 496 g/mol. The average molecular weight is 497 g/mol. The van der Waals surface area contributed by atoms with Crippen molar-refractivity contribution >= 4 is 23.3 Å². The summed E-state index contributed by atoms with van der Waals surface area (Å²) in [6, 6.07) is 4.10. The van der Waals surface area contributed by atoms with Gasteiger partial charge in [-0.2, -0.15) is 23.4 Å². The molecule has 12 heteroatoms. The first-order valence-corrected chi connectivity index (χ1v) is 10.9. The number of ether oxygens (including phenoxy) is 1. The number of rotatable bonds is 5. The van der Waals surface area contributed by atoms with Gasteiger partial charge in [-0.25, -0.2) is 4.68 Å². The normalized spacial score (nSPS) is 17.8. The Balaban J connectivity index is 1.63. The van der Waals surface area contributed by atoms with Crippen LogP contribution in [0, 0.1) is 13.8 Å². The Labute approximate surface area is 199 Å². The minimum absolute atomic E-state index is 0.0463. The molecule has 1 aliphatic heterocycles. The number of fused-ring (bicyclic) bond motifs is 1. The summed E-state index contributed by atoms with van der Waals surface area (Å²) in [5.74, 6) is -0.124. The van der Waals surface area contributed by atoms with Gasteiger partial charge < -0.3 is 15.4 Å². The van der Waals surface area contributed by atoms with Crippen molar-refractivity contribution in [2.45, 2.75) is 45.1 Å². The Hall–Kier alpha value is -3.21. The van der Waals surface area contributed by atoms with Gasteiger partial charge in [-0.05, 0) is 31.5 Å². The van der Waals surface area contributed by atoms with Crippen LogP contribution < -0.4 is 15.4 Å². The number of hydrogen-bond donors (Lipinski definition) is 2. The zero-order valence-corrected chi connectivity index (χ0v) is 19.8. The number of amides is 1. The molecular weight excluding hydrogens is 473 g/mol. The first-order chi connectivity index (χ1) is 16.0. The molecule has 4 rings (SSSR count). The molecule has 1 aliphatic rings. The van der Waals surface area contributed by atoms with Crippen LogP contribution in [0.2, 0.25) is 5.02 Å². The highest BCUT2D eigenvalue weighted by molar-refractivity contribution is 6.36. The minimum atomic E-state index is -4.59. The summed E-state index contributed by atoms with van der Waals surface area (Å²) in [7, 11) is 3.30. The van der Waals surface area contributed by atoms with Gasteiger partial charge in [0.2, 0.25) is 0 Å². The smallest absolute Gasteiger partial charge is 0.410 e. The molecule has 1 aromatic carbocycles. The summed E-state index contributed by atoms with van der Waals surface area (Å²) in [4.78, 5) is 12.8. The molecular formula is C22H24ClF3N6O2. The fourth-order valence-electron chi connectivity index (χ4n) is 4.12. The van der Waals surface area contributed by atoms with E-state index in [9.17, 15) is 18.0 Å². The molecule has 3 heterocycles. The third-order valence-electron chi connectivity index (χ3n) is 6.11. The maximum atomic E-state index is 14.0. The molecule has 8 nitrogen and oxygen atoms in total. The van der Waals surface area contributed by atoms with E-state index >= 15 is 0 Å². The largest absolute Gasteiger partial charge is 0.497 e. The fraction of sp³-hybridized carbons (Fsp3) is 0.409. The molecule has 182 valence electrons. The van der Waals surface area contributed by atoms with Crippen LogP contribution in [0.15, 0.2) is 24.3 Å². The summed E-state index contributed by atoms with van der Waals surface area (Å²) >= 11 is 6.39. The fourth-order valence-corrected chi connectivity index (χ4v) is 4.38. The lowest BCUT2D eigenvalue weighted by Crippen LogP contribution is -2.35. The van der Waals surface area contributed by atoms with Crippen LogP contribution >= 0.6 is 11.6 Å². The Morgan fingerprint density at radius 3 is 2.50 bits per heavy atom. The van der Waals surface area contributed by atoms with E-state index in [0.29, 0.717) is 11.3 Å². The van der Waals surface area contributed by atoms with E-state index in [1.165, 1.54) is 7.11 Å². The summed E-state index contributed by atoms with van der Waals surface area (Å²) in [6.07, 6.45) is -4.90. The van der Waals surface area contributed by atoms with Gasteiger partial charge in [0, 0.05) is 31.3 Å². The molecule has 2 atom stereocenters. The van der Waals surface area contributed by atoms with Gasteiger partial charge in [0.05, 0.1) is 18.8 Å². The Morgan fingerprint density at radius 1 is 1.26 bits per heavy atom. The summed E-state index contributed by atoms with van der Waals surface area (Å²) in [6.45, 7) is 3.82. The van der Waals surface area contributed by atoms with Crippen LogP contribution in [0.3, 0.4) is 0 Å². The molecule has 2 aromatic heterocycles. The van der Waals surface area contributed by atoms with Crippen molar-refractivity contribution in [3.8, 4) is 5.75 Å². The van der Waals surface area contributed by atoms with Gasteiger partial charge in [-0.3, -0.25) is 9.48 Å². The van der Waals surface area contributed by atoms with Gasteiger partial charge in [-0.15, -0.1) is 0 Å². The van der Waals surface area contributed by atoms with E-state index in [0.717, 1.165) is 21.6 Å². The molecule has 0 bridgehead atoms. The lowest BCUT2D eigenvalue weighted by molar-refractivity contribution is -0.173. The minimum Gasteiger partial charge on any atom is -0.497 e. The van der Waals surface area contributed by atoms with Crippen LogP contribution in [0.4, 0.5) is 19.0 Å². The van der Waals surface area contributed by atoms with Crippen molar-refractivity contribution in [2.75, 3.05) is 12.4 Å². The average Bonchev–Trinajstić information content (AvgIpc) is 3.26. The van der Waals surface area contributed by atoms with Gasteiger partial charge in [-0.1, -0.05) is 23.7 Å². The van der Waals surface area contributed by atoms with E-state index in [1.54, 1.807) is 36.0 Å². The highest BCUT2D eigenvalue weighted by Crippen LogP contribution is 2.46. The number of benzene rings is 1. The predicted octanol–water partition coefficient (Wildman–Crippen LogP) is 4.49. The molecule has 2 N–H and O–H groups in total. The number of hydrogen-bond acceptors (Lipinski definition) is 5. The number of carbonyl (C=O) groups excluding carboxylic acids is 1. The maximum absolute atomic E-state index is 14.0. The quantitative estimate of drug-likeness (QED) is 0.544. The first-order valence-electron chi connectivity index (χ1n) is 10.5. The van der Waals surface area contributed by atoms with Crippen molar-refractivity contribution in [1.29, 1.82) is 0 Å². The van der Waals surface area contributed by atoms with Crippen molar-refractivity contribution in [3.63, 3.8) is 0 Å². The Morgan fingerprint density at radius 2 is 1.94 bits per heavy atom. The van der Waals surface area contributed by atoms with E-state index in [-0.39, 0.29) is 29.5 Å². The molecule has 0 fully saturated rings. The molecule has 3 aromatic rings. The van der Waals surface area contributed by atoms with Crippen LogP contribution in [0.25, 0.3) is 0 Å². The standard InChI is InChI=1S/C22H24ClF3N6O2/c1-11-15(12(2)31(3)29-11)10-27-21(33)19-18(23)20-28-16(13-5-7-14(34-4)8-6-13)9-17(22(24,25)26)32(20)30-19/h5-8,16-17,28H,9-10H2,1-4H3,(H,27,33). The zero-order chi connectivity index (χ0) is 24.8. The highest BCUT2D eigenvalue weighted by Gasteiger charge is 2.47. The topological polar surface area (TPSA) is 86.0 Å². The van der Waals surface area contributed by atoms with Gasteiger partial charge in [0.25, 0.3) is 5.91 Å². The third kappa shape index (κ3) is 4.31. The number of aromatic nitrogens is 4. The van der Waals surface area contributed by atoms with E-state index < -0.39 is 24.2 Å². The maximum Gasteiger partial charge on any atom is 0.410 e. The third-order valence-corrected chi connectivity index (χ3v) is 6.47. The van der Waals surface area contributed by atoms with Crippen molar-refractivity contribution < 1.29 is 22.7 Å². The first kappa shape index (κ1) is 23.9. The number of alkyl halides is 3. The van der Waals surface area contributed by atoms with Gasteiger partial charge >= 0.3 is 6.18 Å². The van der Waals surface area contributed by atoms with Gasteiger partial charge in [0.15, 0.2) is 11.7 Å². The molecule has 1 amide bonds. The molecule has 0 spiro atoms. The Kier molecular flexibility index (Phi) is 6.24.